The van der Waals surface area contributed by atoms with Crippen molar-refractivity contribution in [2.75, 3.05) is 40.5 Å². The standard InChI is InChI=1S/C55H108NO8P/c1-5-7-9-11-13-15-17-19-21-23-25-27-29-31-33-35-37-39-41-43-45-47-54(57)61-51-53(52-63-65(59,60)62-50-49-56(3)4)64-55(58)48-46-44-42-40-38-36-34-32-30-28-26-24-22-20-18-16-14-12-10-8-6-2/h19,21,53H,5-18,20,22-52H2,1-4H3,(H,59,60)/b21-19-. The number of rotatable bonds is 53. The summed E-state index contributed by atoms with van der Waals surface area (Å²) in [5, 5.41) is 0. The van der Waals surface area contributed by atoms with Crippen LogP contribution < -0.4 is 0 Å². The molecule has 0 bridgehead atoms. The average molecular weight is 942 g/mol. The van der Waals surface area contributed by atoms with Crippen molar-refractivity contribution in [1.82, 2.24) is 4.90 Å². The maximum atomic E-state index is 12.8. The summed E-state index contributed by atoms with van der Waals surface area (Å²) in [6, 6.07) is 0. The third kappa shape index (κ3) is 52.0. The number of allylic oxidation sites excluding steroid dienone is 2. The van der Waals surface area contributed by atoms with Gasteiger partial charge in [-0.2, -0.15) is 0 Å². The molecule has 9 nitrogen and oxygen atoms in total. The molecule has 0 aliphatic rings. The van der Waals surface area contributed by atoms with Gasteiger partial charge in [0.1, 0.15) is 6.61 Å². The zero-order chi connectivity index (χ0) is 47.6. The van der Waals surface area contributed by atoms with Crippen molar-refractivity contribution in [3.8, 4) is 0 Å². The van der Waals surface area contributed by atoms with E-state index in [-0.39, 0.29) is 25.6 Å². The van der Waals surface area contributed by atoms with E-state index in [1.165, 1.54) is 218 Å². The van der Waals surface area contributed by atoms with Gasteiger partial charge in [0.25, 0.3) is 0 Å². The maximum Gasteiger partial charge on any atom is 0.472 e. The highest BCUT2D eigenvalue weighted by Gasteiger charge is 2.26. The molecule has 0 aliphatic carbocycles. The van der Waals surface area contributed by atoms with Crippen molar-refractivity contribution in [3.63, 3.8) is 0 Å². The number of likely N-dealkylation sites (N-methyl/N-ethyl adjacent to an activating group) is 1. The van der Waals surface area contributed by atoms with Gasteiger partial charge >= 0.3 is 19.8 Å². The minimum Gasteiger partial charge on any atom is -0.462 e. The first kappa shape index (κ1) is 63.8. The molecule has 0 radical (unpaired) electrons. The molecule has 0 aromatic carbocycles. The quantitative estimate of drug-likeness (QED) is 0.0276. The molecule has 10 heteroatoms. The van der Waals surface area contributed by atoms with E-state index in [1.807, 2.05) is 19.0 Å². The Hall–Kier alpha value is -1.25. The number of carbonyl (C=O) groups excluding carboxylic acids is 2. The van der Waals surface area contributed by atoms with E-state index in [4.69, 9.17) is 18.5 Å². The largest absolute Gasteiger partial charge is 0.472 e. The van der Waals surface area contributed by atoms with Crippen LogP contribution in [0, 0.1) is 0 Å². The average Bonchev–Trinajstić information content (AvgIpc) is 3.28. The molecule has 386 valence electrons. The van der Waals surface area contributed by atoms with E-state index in [1.54, 1.807) is 0 Å². The number of carbonyl (C=O) groups is 2. The fraction of sp³-hybridized carbons (Fsp3) is 0.927. The van der Waals surface area contributed by atoms with Crippen molar-refractivity contribution in [1.29, 1.82) is 0 Å². The van der Waals surface area contributed by atoms with Gasteiger partial charge in [-0.1, -0.05) is 244 Å². The second-order valence-corrected chi connectivity index (χ2v) is 20.9. The van der Waals surface area contributed by atoms with Gasteiger partial charge in [-0.05, 0) is 52.6 Å². The van der Waals surface area contributed by atoms with Gasteiger partial charge in [-0.3, -0.25) is 18.6 Å². The van der Waals surface area contributed by atoms with Crippen molar-refractivity contribution in [2.24, 2.45) is 0 Å². The zero-order valence-corrected chi connectivity index (χ0v) is 44.4. The van der Waals surface area contributed by atoms with Crippen LogP contribution in [0.2, 0.25) is 0 Å². The molecule has 2 unspecified atom stereocenters. The number of nitrogens with zero attached hydrogens (tertiary/aromatic N) is 1. The molecule has 0 aromatic heterocycles. The van der Waals surface area contributed by atoms with Gasteiger partial charge in [-0.15, -0.1) is 0 Å². The lowest BCUT2D eigenvalue weighted by Gasteiger charge is -2.20. The molecule has 0 spiro atoms. The van der Waals surface area contributed by atoms with E-state index >= 15 is 0 Å². The summed E-state index contributed by atoms with van der Waals surface area (Å²) in [4.78, 5) is 37.3. The van der Waals surface area contributed by atoms with Gasteiger partial charge in [0.05, 0.1) is 13.2 Å². The fourth-order valence-electron chi connectivity index (χ4n) is 8.27. The first-order valence-corrected chi connectivity index (χ1v) is 29.5. The summed E-state index contributed by atoms with van der Waals surface area (Å²) in [5.74, 6) is -0.784. The lowest BCUT2D eigenvalue weighted by Crippen LogP contribution is -2.29. The topological polar surface area (TPSA) is 112 Å². The molecular weight excluding hydrogens is 834 g/mol. The SMILES string of the molecule is CCCCCCCC/C=C\CCCCCCCCCCCCCC(=O)OCC(COP(=O)(O)OCCN(C)C)OC(=O)CCCCCCCCCCCCCCCCCCCCCCC. The van der Waals surface area contributed by atoms with E-state index < -0.39 is 26.5 Å². The van der Waals surface area contributed by atoms with Crippen LogP contribution >= 0.6 is 7.82 Å². The van der Waals surface area contributed by atoms with Crippen molar-refractivity contribution < 1.29 is 37.6 Å². The van der Waals surface area contributed by atoms with E-state index in [0.29, 0.717) is 13.0 Å². The number of esters is 2. The van der Waals surface area contributed by atoms with E-state index in [2.05, 4.69) is 26.0 Å². The summed E-state index contributed by atoms with van der Waals surface area (Å²) in [7, 11) is -0.700. The third-order valence-corrected chi connectivity index (χ3v) is 13.6. The van der Waals surface area contributed by atoms with Crippen LogP contribution in [-0.2, 0) is 32.7 Å². The van der Waals surface area contributed by atoms with Crippen molar-refractivity contribution in [3.05, 3.63) is 12.2 Å². The van der Waals surface area contributed by atoms with Crippen LogP contribution in [0.25, 0.3) is 0 Å². The van der Waals surface area contributed by atoms with Gasteiger partial charge in [0, 0.05) is 19.4 Å². The highest BCUT2D eigenvalue weighted by Crippen LogP contribution is 2.43. The Labute approximate surface area is 403 Å². The van der Waals surface area contributed by atoms with Crippen LogP contribution in [0.3, 0.4) is 0 Å². The Morgan fingerprint density at radius 2 is 0.785 bits per heavy atom. The van der Waals surface area contributed by atoms with E-state index in [9.17, 15) is 19.0 Å². The Balaban J connectivity index is 4.08. The summed E-state index contributed by atoms with van der Waals surface area (Å²) in [6.45, 7) is 4.39. The van der Waals surface area contributed by atoms with Crippen molar-refractivity contribution >= 4 is 19.8 Å². The predicted molar refractivity (Wildman–Crippen MR) is 276 cm³/mol. The highest BCUT2D eigenvalue weighted by molar-refractivity contribution is 7.47. The molecule has 0 amide bonds. The van der Waals surface area contributed by atoms with Crippen LogP contribution in [0.5, 0.6) is 0 Å². The minimum atomic E-state index is -4.36. The fourth-order valence-corrected chi connectivity index (χ4v) is 9.02. The molecule has 0 fully saturated rings. The highest BCUT2D eigenvalue weighted by atomic mass is 31.2. The molecule has 0 aromatic rings. The van der Waals surface area contributed by atoms with Crippen LogP contribution in [-0.4, -0.2) is 68.3 Å². The second-order valence-electron chi connectivity index (χ2n) is 19.5. The monoisotopic (exact) mass is 942 g/mol. The molecule has 65 heavy (non-hydrogen) atoms. The number of phosphoric acid groups is 1. The second kappa shape index (κ2) is 50.6. The first-order valence-electron chi connectivity index (χ1n) is 28.0. The zero-order valence-electron chi connectivity index (χ0n) is 43.5. The lowest BCUT2D eigenvalue weighted by atomic mass is 10.0. The maximum absolute atomic E-state index is 12.8. The molecule has 2 atom stereocenters. The number of hydrogen-bond acceptors (Lipinski definition) is 8. The molecule has 0 aliphatic heterocycles. The van der Waals surface area contributed by atoms with Gasteiger partial charge in [0.2, 0.25) is 0 Å². The van der Waals surface area contributed by atoms with Gasteiger partial charge < -0.3 is 19.3 Å². The summed E-state index contributed by atoms with van der Waals surface area (Å²) >= 11 is 0. The molecule has 0 rings (SSSR count). The van der Waals surface area contributed by atoms with Crippen molar-refractivity contribution in [2.45, 2.75) is 290 Å². The molecular formula is C55H108NO8P. The number of hydrogen-bond donors (Lipinski definition) is 1. The predicted octanol–water partition coefficient (Wildman–Crippen LogP) is 17.1. The smallest absolute Gasteiger partial charge is 0.462 e. The molecule has 0 heterocycles. The summed E-state index contributed by atoms with van der Waals surface area (Å²) in [5.41, 5.74) is 0. The van der Waals surface area contributed by atoms with E-state index in [0.717, 1.165) is 38.5 Å². The molecule has 0 saturated carbocycles. The third-order valence-electron chi connectivity index (χ3n) is 12.6. The van der Waals surface area contributed by atoms with Crippen LogP contribution in [0.4, 0.5) is 0 Å². The number of ether oxygens (including phenoxy) is 2. The van der Waals surface area contributed by atoms with Crippen LogP contribution in [0.1, 0.15) is 284 Å². The van der Waals surface area contributed by atoms with Gasteiger partial charge in [0.15, 0.2) is 6.10 Å². The minimum absolute atomic E-state index is 0.0113. The Kier molecular flexibility index (Phi) is 49.6. The molecule has 0 saturated heterocycles. The Bertz CT molecular complexity index is 1090. The Morgan fingerprint density at radius 1 is 0.462 bits per heavy atom. The molecule has 1 N–H and O–H groups in total. The Morgan fingerprint density at radius 3 is 1.14 bits per heavy atom. The lowest BCUT2D eigenvalue weighted by molar-refractivity contribution is -0.161. The first-order chi connectivity index (χ1) is 31.7. The number of unbranched alkanes of at least 4 members (excludes halogenated alkanes) is 37. The number of phosphoric ester groups is 1. The summed E-state index contributed by atoms with van der Waals surface area (Å²) < 4.78 is 33.7. The van der Waals surface area contributed by atoms with Gasteiger partial charge in [-0.25, -0.2) is 4.57 Å². The normalized spacial score (nSPS) is 13.2. The van der Waals surface area contributed by atoms with Crippen LogP contribution in [0.15, 0.2) is 12.2 Å². The summed E-state index contributed by atoms with van der Waals surface area (Å²) in [6.07, 6.45) is 55.5.